The Balaban J connectivity index is 2.03. The molecule has 1 aromatic carbocycles. The number of non-ortho nitro benzene ring substituents is 1. The van der Waals surface area contributed by atoms with Crippen LogP contribution in [0.25, 0.3) is 0 Å². The highest BCUT2D eigenvalue weighted by atomic mass is 79.9. The third kappa shape index (κ3) is 4.01. The van der Waals surface area contributed by atoms with Crippen molar-refractivity contribution in [3.05, 3.63) is 38.3 Å². The van der Waals surface area contributed by atoms with Crippen molar-refractivity contribution < 1.29 is 4.92 Å². The molecular formula is C14H20BrN3O2. The van der Waals surface area contributed by atoms with Gasteiger partial charge < -0.3 is 5.32 Å². The molecule has 1 heterocycles. The van der Waals surface area contributed by atoms with Crippen LogP contribution in [0.3, 0.4) is 0 Å². The summed E-state index contributed by atoms with van der Waals surface area (Å²) in [6.45, 7) is 2.98. The zero-order chi connectivity index (χ0) is 14.5. The first-order chi connectivity index (χ1) is 9.58. The van der Waals surface area contributed by atoms with E-state index in [0.717, 1.165) is 36.1 Å². The first-order valence-corrected chi connectivity index (χ1v) is 7.71. The van der Waals surface area contributed by atoms with E-state index < -0.39 is 0 Å². The fraction of sp³-hybridized carbons (Fsp3) is 0.571. The van der Waals surface area contributed by atoms with Crippen LogP contribution >= 0.6 is 15.9 Å². The Hall–Kier alpha value is -0.980. The second-order valence-corrected chi connectivity index (χ2v) is 6.14. The monoisotopic (exact) mass is 341 g/mol. The Kier molecular flexibility index (Phi) is 5.51. The van der Waals surface area contributed by atoms with Crippen molar-refractivity contribution in [3.8, 4) is 0 Å². The van der Waals surface area contributed by atoms with Crippen molar-refractivity contribution >= 4 is 21.6 Å². The summed E-state index contributed by atoms with van der Waals surface area (Å²) in [7, 11) is 2.13. The number of halogens is 1. The normalized spacial score (nSPS) is 19.9. The second-order valence-electron chi connectivity index (χ2n) is 5.28. The van der Waals surface area contributed by atoms with Crippen LogP contribution in [-0.2, 0) is 6.54 Å². The molecule has 0 aliphatic carbocycles. The number of nitro benzene ring substituents is 1. The molecule has 0 aromatic heterocycles. The topological polar surface area (TPSA) is 58.4 Å². The fourth-order valence-corrected chi connectivity index (χ4v) is 3.11. The summed E-state index contributed by atoms with van der Waals surface area (Å²) in [5.74, 6) is 0. The summed E-state index contributed by atoms with van der Waals surface area (Å²) in [4.78, 5) is 12.7. The minimum atomic E-state index is -0.366. The molecule has 110 valence electrons. The molecule has 1 N–H and O–H groups in total. The number of hydrogen-bond acceptors (Lipinski definition) is 4. The minimum Gasteiger partial charge on any atom is -0.317 e. The molecule has 2 rings (SSSR count). The first-order valence-electron chi connectivity index (χ1n) is 6.91. The van der Waals surface area contributed by atoms with Crippen LogP contribution in [0.15, 0.2) is 22.7 Å². The molecule has 1 atom stereocenters. The zero-order valence-electron chi connectivity index (χ0n) is 11.6. The molecule has 1 saturated heterocycles. The van der Waals surface area contributed by atoms with Gasteiger partial charge in [-0.25, -0.2) is 0 Å². The number of nitro groups is 1. The van der Waals surface area contributed by atoms with E-state index in [1.54, 1.807) is 12.1 Å². The Morgan fingerprint density at radius 3 is 2.95 bits per heavy atom. The maximum Gasteiger partial charge on any atom is 0.270 e. The van der Waals surface area contributed by atoms with Crippen molar-refractivity contribution in [3.63, 3.8) is 0 Å². The third-order valence-electron chi connectivity index (χ3n) is 3.84. The summed E-state index contributed by atoms with van der Waals surface area (Å²) >= 11 is 3.44. The van der Waals surface area contributed by atoms with Crippen molar-refractivity contribution in [1.82, 2.24) is 10.2 Å². The largest absolute Gasteiger partial charge is 0.317 e. The van der Waals surface area contributed by atoms with Crippen molar-refractivity contribution in [1.29, 1.82) is 0 Å². The lowest BCUT2D eigenvalue weighted by Gasteiger charge is -2.27. The molecule has 1 aromatic rings. The molecule has 20 heavy (non-hydrogen) atoms. The van der Waals surface area contributed by atoms with Gasteiger partial charge in [0.1, 0.15) is 0 Å². The van der Waals surface area contributed by atoms with E-state index in [-0.39, 0.29) is 10.6 Å². The molecule has 5 nitrogen and oxygen atoms in total. The summed E-state index contributed by atoms with van der Waals surface area (Å²) in [5.41, 5.74) is 1.22. The van der Waals surface area contributed by atoms with E-state index in [0.29, 0.717) is 6.04 Å². The van der Waals surface area contributed by atoms with Crippen LogP contribution in [0.5, 0.6) is 0 Å². The van der Waals surface area contributed by atoms with Crippen molar-refractivity contribution in [2.75, 3.05) is 20.1 Å². The average Bonchev–Trinajstić information content (AvgIpc) is 2.69. The van der Waals surface area contributed by atoms with Gasteiger partial charge in [0.2, 0.25) is 0 Å². The zero-order valence-corrected chi connectivity index (χ0v) is 13.2. The summed E-state index contributed by atoms with van der Waals surface area (Å²) in [6.07, 6.45) is 3.56. The highest BCUT2D eigenvalue weighted by Crippen LogP contribution is 2.25. The molecule has 1 fully saturated rings. The molecule has 0 spiro atoms. The molecule has 0 radical (unpaired) electrons. The van der Waals surface area contributed by atoms with Gasteiger partial charge in [0.25, 0.3) is 5.69 Å². The van der Waals surface area contributed by atoms with Gasteiger partial charge in [-0.3, -0.25) is 15.0 Å². The molecule has 1 unspecified atom stereocenters. The minimum absolute atomic E-state index is 0.127. The predicted molar refractivity (Wildman–Crippen MR) is 82.8 cm³/mol. The molecule has 6 heteroatoms. The van der Waals surface area contributed by atoms with E-state index >= 15 is 0 Å². The molecule has 1 aliphatic rings. The number of benzene rings is 1. The molecule has 1 aliphatic heterocycles. The van der Waals surface area contributed by atoms with Gasteiger partial charge >= 0.3 is 0 Å². The summed E-state index contributed by atoms with van der Waals surface area (Å²) in [6, 6.07) is 5.57. The fourth-order valence-electron chi connectivity index (χ4n) is 2.62. The van der Waals surface area contributed by atoms with E-state index in [4.69, 9.17) is 0 Å². The van der Waals surface area contributed by atoms with Crippen LogP contribution in [0, 0.1) is 10.1 Å². The van der Waals surface area contributed by atoms with Gasteiger partial charge in [0.05, 0.1) is 4.92 Å². The Morgan fingerprint density at radius 2 is 2.25 bits per heavy atom. The number of hydrogen-bond donors (Lipinski definition) is 1. The van der Waals surface area contributed by atoms with Gasteiger partial charge in [-0.05, 0) is 51.0 Å². The van der Waals surface area contributed by atoms with Crippen LogP contribution in [0.4, 0.5) is 5.69 Å². The highest BCUT2D eigenvalue weighted by molar-refractivity contribution is 9.10. The van der Waals surface area contributed by atoms with E-state index in [9.17, 15) is 10.1 Å². The molecule has 0 amide bonds. The molecular weight excluding hydrogens is 322 g/mol. The van der Waals surface area contributed by atoms with Gasteiger partial charge in [0.15, 0.2) is 0 Å². The third-order valence-corrected chi connectivity index (χ3v) is 4.57. The SMILES string of the molecule is CN(Cc1ccc([N+](=O)[O-])cc1Br)C1CCCNCC1. The van der Waals surface area contributed by atoms with Gasteiger partial charge in [-0.2, -0.15) is 0 Å². The summed E-state index contributed by atoms with van der Waals surface area (Å²) < 4.78 is 0.810. The highest BCUT2D eigenvalue weighted by Gasteiger charge is 2.18. The first kappa shape index (κ1) is 15.4. The smallest absolute Gasteiger partial charge is 0.270 e. The van der Waals surface area contributed by atoms with Crippen molar-refractivity contribution in [2.45, 2.75) is 31.8 Å². The molecule has 0 saturated carbocycles. The van der Waals surface area contributed by atoms with E-state index in [1.165, 1.54) is 12.8 Å². The standard InChI is InChI=1S/C14H20BrN3O2/c1-17(12-3-2-7-16-8-6-12)10-11-4-5-13(18(19)20)9-14(11)15/h4-5,9,12,16H,2-3,6-8,10H2,1H3. The van der Waals surface area contributed by atoms with Crippen molar-refractivity contribution in [2.24, 2.45) is 0 Å². The van der Waals surface area contributed by atoms with Gasteiger partial charge in [-0.1, -0.05) is 15.9 Å². The number of rotatable bonds is 4. The second kappa shape index (κ2) is 7.15. The lowest BCUT2D eigenvalue weighted by atomic mass is 10.1. The lowest BCUT2D eigenvalue weighted by molar-refractivity contribution is -0.384. The lowest BCUT2D eigenvalue weighted by Crippen LogP contribution is -2.32. The number of nitrogens with one attached hydrogen (secondary N) is 1. The predicted octanol–water partition coefficient (Wildman–Crippen LogP) is 2.93. The average molecular weight is 342 g/mol. The van der Waals surface area contributed by atoms with E-state index in [2.05, 4.69) is 33.2 Å². The quantitative estimate of drug-likeness (QED) is 0.675. The van der Waals surface area contributed by atoms with Crippen LogP contribution in [-0.4, -0.2) is 36.0 Å². The maximum absolute atomic E-state index is 10.7. The van der Waals surface area contributed by atoms with E-state index in [1.807, 2.05) is 6.07 Å². The van der Waals surface area contributed by atoms with Crippen LogP contribution in [0.1, 0.15) is 24.8 Å². The van der Waals surface area contributed by atoms with Gasteiger partial charge in [-0.15, -0.1) is 0 Å². The van der Waals surface area contributed by atoms with Gasteiger partial charge in [0, 0.05) is 29.2 Å². The Bertz CT molecular complexity index is 473. The maximum atomic E-state index is 10.7. The number of nitrogens with zero attached hydrogens (tertiary/aromatic N) is 2. The molecule has 0 bridgehead atoms. The Labute approximate surface area is 127 Å². The van der Waals surface area contributed by atoms with Crippen LogP contribution in [0.2, 0.25) is 0 Å². The van der Waals surface area contributed by atoms with Crippen LogP contribution < -0.4 is 5.32 Å². The summed E-state index contributed by atoms with van der Waals surface area (Å²) in [5, 5.41) is 14.2. The Morgan fingerprint density at radius 1 is 1.45 bits per heavy atom.